The topological polar surface area (TPSA) is 0 Å². The van der Waals surface area contributed by atoms with E-state index >= 15 is 0 Å². The van der Waals surface area contributed by atoms with Crippen LogP contribution in [0.1, 0.15) is 215 Å². The molecule has 3 aromatic rings. The lowest BCUT2D eigenvalue weighted by Gasteiger charge is -2.30. The van der Waals surface area contributed by atoms with E-state index in [-0.39, 0.29) is 16.2 Å². The molecule has 3 aromatic carbocycles. The Hall–Kier alpha value is -6.76. The number of hydrogen-bond acceptors (Lipinski definition) is 0. The Morgan fingerprint density at radius 2 is 1.26 bits per heavy atom. The van der Waals surface area contributed by atoms with Gasteiger partial charge in [-0.15, -0.1) is 0 Å². The van der Waals surface area contributed by atoms with Crippen LogP contribution in [0.4, 0.5) is 0 Å². The molecule has 0 N–H and O–H groups in total. The molecule has 0 heteroatoms. The van der Waals surface area contributed by atoms with Gasteiger partial charge in [-0.25, -0.2) is 0 Å². The van der Waals surface area contributed by atoms with Gasteiger partial charge in [0.05, 0.1) is 0 Å². The standard InChI is InChI=1S/C41H50.C23H34.C22H30/c1-10-15-20-35-28-40(37-22-17-16-21-32(37)14-5)39(34-25-23-33(24-26-34)31(13-4)18-11-2)29-38(35)30(6)27-36(19-12-3)41(7,8)9;1-8-11-22(23(5,6)7)17-19(4)21-15-14-20(9-2)13-10-12-18(3)16-21;1-6-9-20(22(3,4)5)15-14-19-13-12-18-11-8-7-10-17(2)21(19)16-18/h10-13,15-19,21-27,29,35H,6,14,20,28H2,1-5,7-9H3;8-9,11,14-18H,4,10,12-13H2,1-3,5-7H3;6,9-10,12-13,15-16H,7-8,11,14H2,1-5H3/b15-10?,18-11-,19-12-,31-13+,36-27+;11-8-,15-14-,20-9-,21-16?,22-17+;9-6-,17-10+,20-15+. The fourth-order valence-corrected chi connectivity index (χ4v) is 11.5. The smallest absolute Gasteiger partial charge is 0.00806 e. The number of hydrogen-bond donors (Lipinski definition) is 0. The molecule has 3 aliphatic rings. The summed E-state index contributed by atoms with van der Waals surface area (Å²) in [5.41, 5.74) is 25.7. The Morgan fingerprint density at radius 1 is 0.640 bits per heavy atom. The van der Waals surface area contributed by atoms with E-state index in [4.69, 9.17) is 0 Å². The zero-order valence-electron chi connectivity index (χ0n) is 57.5. The molecule has 0 amide bonds. The second-order valence-corrected chi connectivity index (χ2v) is 26.9. The van der Waals surface area contributed by atoms with Crippen molar-refractivity contribution in [2.75, 3.05) is 0 Å². The molecule has 3 aliphatic carbocycles. The van der Waals surface area contributed by atoms with Crippen molar-refractivity contribution in [2.24, 2.45) is 28.1 Å². The van der Waals surface area contributed by atoms with E-state index in [0.717, 1.165) is 36.8 Å². The minimum Gasteiger partial charge on any atom is -0.0916 e. The van der Waals surface area contributed by atoms with Crippen molar-refractivity contribution in [1.82, 2.24) is 0 Å². The summed E-state index contributed by atoms with van der Waals surface area (Å²) < 4.78 is 0. The second kappa shape index (κ2) is 35.1. The minimum absolute atomic E-state index is 0.0423. The van der Waals surface area contributed by atoms with Crippen LogP contribution in [0.5, 0.6) is 0 Å². The van der Waals surface area contributed by atoms with Gasteiger partial charge in [0, 0.05) is 0 Å². The van der Waals surface area contributed by atoms with Crippen LogP contribution >= 0.6 is 0 Å². The van der Waals surface area contributed by atoms with Gasteiger partial charge in [0.2, 0.25) is 0 Å². The van der Waals surface area contributed by atoms with Gasteiger partial charge in [0.15, 0.2) is 0 Å². The SMILES string of the molecule is C/C=C\C(=C/Cc1ccc2cc1/C(C)=C/CCC2)C(C)(C)C.C=C(/C=C(\C=C/C)C(C)(C)C)C1=CC(C)CCCC(=C/C)/C=C\1.C=C(/C=C(\C=C/C)C(C)(C)C)C1=CC(c2ccc(C(/C=C\C)=C/C)cc2)=C(c2ccccc2CC)CC1CC=CC. The van der Waals surface area contributed by atoms with Crippen molar-refractivity contribution in [2.45, 2.75) is 196 Å². The van der Waals surface area contributed by atoms with E-state index in [9.17, 15) is 0 Å². The summed E-state index contributed by atoms with van der Waals surface area (Å²) >= 11 is 0. The molecule has 2 unspecified atom stereocenters. The zero-order valence-corrected chi connectivity index (χ0v) is 57.5. The average molecular weight is 1150 g/mol. The normalized spacial score (nSPS) is 19.5. The van der Waals surface area contributed by atoms with Crippen LogP contribution in [0.25, 0.3) is 22.3 Å². The van der Waals surface area contributed by atoms with Crippen molar-refractivity contribution >= 4 is 22.3 Å². The second-order valence-electron chi connectivity index (χ2n) is 26.9. The molecule has 0 saturated heterocycles. The van der Waals surface area contributed by atoms with E-state index in [2.05, 4.69) is 333 Å². The highest BCUT2D eigenvalue weighted by molar-refractivity contribution is 5.99. The minimum atomic E-state index is 0.0423. The highest BCUT2D eigenvalue weighted by Crippen LogP contribution is 2.45. The lowest BCUT2D eigenvalue weighted by atomic mass is 9.74. The first-order chi connectivity index (χ1) is 40.9. The molecule has 86 heavy (non-hydrogen) atoms. The first kappa shape index (κ1) is 71.7. The van der Waals surface area contributed by atoms with Crippen LogP contribution in [0.3, 0.4) is 0 Å². The zero-order chi connectivity index (χ0) is 63.6. The summed E-state index contributed by atoms with van der Waals surface area (Å²) in [5.74, 6) is 0.963. The maximum absolute atomic E-state index is 4.66. The predicted molar refractivity (Wildman–Crippen MR) is 389 cm³/mol. The first-order valence-electron chi connectivity index (χ1n) is 32.7. The summed E-state index contributed by atoms with van der Waals surface area (Å²) in [5, 5.41) is 0. The molecule has 0 aliphatic heterocycles. The van der Waals surface area contributed by atoms with Crippen molar-refractivity contribution in [3.63, 3.8) is 0 Å². The highest BCUT2D eigenvalue weighted by atomic mass is 14.3. The summed E-state index contributed by atoms with van der Waals surface area (Å²) in [6.45, 7) is 50.9. The fourth-order valence-electron chi connectivity index (χ4n) is 11.5. The molecular weight excluding hydrogens is 1030 g/mol. The Bertz CT molecular complexity index is 3230. The molecule has 0 saturated carbocycles. The van der Waals surface area contributed by atoms with Crippen molar-refractivity contribution in [3.8, 4) is 0 Å². The third kappa shape index (κ3) is 22.2. The monoisotopic (exact) mass is 1150 g/mol. The van der Waals surface area contributed by atoms with Crippen LogP contribution in [0, 0.1) is 28.1 Å². The summed E-state index contributed by atoms with van der Waals surface area (Å²) in [6.07, 6.45) is 56.3. The first-order valence-corrected chi connectivity index (χ1v) is 32.7. The molecule has 2 bridgehead atoms. The van der Waals surface area contributed by atoms with Crippen LogP contribution in [-0.4, -0.2) is 0 Å². The van der Waals surface area contributed by atoms with Gasteiger partial charge >= 0.3 is 0 Å². The Kier molecular flexibility index (Phi) is 29.3. The number of rotatable bonds is 16. The fraction of sp³-hybridized carbons (Fsp3) is 0.395. The molecule has 0 aromatic heterocycles. The molecule has 0 spiro atoms. The third-order valence-electron chi connectivity index (χ3n) is 16.8. The number of fused-ring (bicyclic) bond motifs is 2. The van der Waals surface area contributed by atoms with Crippen molar-refractivity contribution in [1.29, 1.82) is 0 Å². The van der Waals surface area contributed by atoms with Gasteiger partial charge in [-0.1, -0.05) is 277 Å². The van der Waals surface area contributed by atoms with Crippen LogP contribution in [0.15, 0.2) is 246 Å². The van der Waals surface area contributed by atoms with Gasteiger partial charge in [0.1, 0.15) is 0 Å². The van der Waals surface area contributed by atoms with E-state index in [0.29, 0.717) is 11.8 Å². The van der Waals surface area contributed by atoms with E-state index in [1.807, 2.05) is 0 Å². The molecular formula is C86H114. The molecule has 458 valence electrons. The molecule has 0 radical (unpaired) electrons. The van der Waals surface area contributed by atoms with Gasteiger partial charge in [-0.3, -0.25) is 0 Å². The lowest BCUT2D eigenvalue weighted by molar-refractivity contribution is 0.515. The van der Waals surface area contributed by atoms with Gasteiger partial charge < -0.3 is 0 Å². The quantitative estimate of drug-likeness (QED) is 0.0991. The third-order valence-corrected chi connectivity index (χ3v) is 16.8. The predicted octanol–water partition coefficient (Wildman–Crippen LogP) is 26.0. The summed E-state index contributed by atoms with van der Waals surface area (Å²) in [6, 6.07) is 25.1. The van der Waals surface area contributed by atoms with E-state index in [1.54, 1.807) is 0 Å². The number of benzene rings is 3. The Morgan fingerprint density at radius 3 is 1.84 bits per heavy atom. The summed E-state index contributed by atoms with van der Waals surface area (Å²) in [4.78, 5) is 0. The molecule has 6 rings (SSSR count). The average Bonchev–Trinajstić information content (AvgIpc) is 2.96. The largest absolute Gasteiger partial charge is 0.0916 e. The van der Waals surface area contributed by atoms with Crippen LogP contribution in [-0.2, 0) is 19.3 Å². The van der Waals surface area contributed by atoms with E-state index < -0.39 is 0 Å². The summed E-state index contributed by atoms with van der Waals surface area (Å²) in [7, 11) is 0. The van der Waals surface area contributed by atoms with Crippen LogP contribution in [0.2, 0.25) is 0 Å². The Balaban J connectivity index is 0.000000299. The molecule has 2 atom stereocenters. The van der Waals surface area contributed by atoms with Crippen molar-refractivity contribution in [3.05, 3.63) is 285 Å². The lowest BCUT2D eigenvalue weighted by Crippen LogP contribution is -2.14. The highest BCUT2D eigenvalue weighted by Gasteiger charge is 2.28. The maximum Gasteiger partial charge on any atom is -0.00806 e. The maximum atomic E-state index is 4.66. The number of aryl methyl sites for hydroxylation is 2. The van der Waals surface area contributed by atoms with Crippen molar-refractivity contribution < 1.29 is 0 Å². The van der Waals surface area contributed by atoms with Gasteiger partial charge in [0.25, 0.3) is 0 Å². The molecule has 0 heterocycles. The molecule has 0 fully saturated rings. The molecule has 0 nitrogen and oxygen atoms in total. The Labute approximate surface area is 528 Å². The van der Waals surface area contributed by atoms with Crippen LogP contribution < -0.4 is 0 Å². The van der Waals surface area contributed by atoms with E-state index in [1.165, 1.54) is 133 Å². The number of allylic oxidation sites excluding steroid dienone is 32. The van der Waals surface area contributed by atoms with Gasteiger partial charge in [-0.2, -0.15) is 0 Å². The van der Waals surface area contributed by atoms with Gasteiger partial charge in [-0.05, 0) is 254 Å².